The van der Waals surface area contributed by atoms with Gasteiger partial charge in [-0.15, -0.1) is 0 Å². The summed E-state index contributed by atoms with van der Waals surface area (Å²) in [6, 6.07) is -0.157. The van der Waals surface area contributed by atoms with Crippen LogP contribution >= 0.6 is 0 Å². The number of nitrogens with two attached hydrogens (primary N) is 1. The fourth-order valence-corrected chi connectivity index (χ4v) is 5.44. The average Bonchev–Trinajstić information content (AvgIpc) is 2.81. The molecule has 21 heavy (non-hydrogen) atoms. The standard InChI is InChI=1S/C15H28N2O3S/c1-3-17(13-6-9-21(19,20)10-13)14(18)15(11-16)7-4-12(2)5-8-15/h12-13H,3-11,16H2,1-2H3. The van der Waals surface area contributed by atoms with Crippen LogP contribution in [0.2, 0.25) is 0 Å². The van der Waals surface area contributed by atoms with Crippen LogP contribution in [-0.2, 0) is 14.6 Å². The molecule has 0 aromatic rings. The van der Waals surface area contributed by atoms with Crippen molar-refractivity contribution >= 4 is 15.7 Å². The van der Waals surface area contributed by atoms with Crippen LogP contribution in [0.5, 0.6) is 0 Å². The summed E-state index contributed by atoms with van der Waals surface area (Å²) >= 11 is 0. The first-order valence-corrected chi connectivity index (χ1v) is 9.87. The smallest absolute Gasteiger partial charge is 0.230 e. The van der Waals surface area contributed by atoms with Crippen molar-refractivity contribution in [3.63, 3.8) is 0 Å². The summed E-state index contributed by atoms with van der Waals surface area (Å²) in [5.41, 5.74) is 5.50. The van der Waals surface area contributed by atoms with Gasteiger partial charge < -0.3 is 10.6 Å². The van der Waals surface area contributed by atoms with Gasteiger partial charge in [-0.05, 0) is 44.9 Å². The number of amides is 1. The second-order valence-electron chi connectivity index (χ2n) is 6.82. The molecule has 0 radical (unpaired) electrons. The van der Waals surface area contributed by atoms with E-state index in [1.54, 1.807) is 4.90 Å². The highest BCUT2D eigenvalue weighted by Crippen LogP contribution is 2.40. The highest BCUT2D eigenvalue weighted by molar-refractivity contribution is 7.91. The lowest BCUT2D eigenvalue weighted by Gasteiger charge is -2.42. The highest BCUT2D eigenvalue weighted by atomic mass is 32.2. The second-order valence-corrected chi connectivity index (χ2v) is 9.04. The summed E-state index contributed by atoms with van der Waals surface area (Å²) in [4.78, 5) is 14.8. The van der Waals surface area contributed by atoms with Crippen molar-refractivity contribution in [1.29, 1.82) is 0 Å². The molecule has 1 atom stereocenters. The van der Waals surface area contributed by atoms with E-state index in [-0.39, 0.29) is 23.5 Å². The van der Waals surface area contributed by atoms with Gasteiger partial charge >= 0.3 is 0 Å². The molecular weight excluding hydrogens is 288 g/mol. The number of hydrogen-bond donors (Lipinski definition) is 1. The lowest BCUT2D eigenvalue weighted by atomic mass is 9.69. The minimum absolute atomic E-state index is 0.0847. The zero-order valence-electron chi connectivity index (χ0n) is 13.2. The van der Waals surface area contributed by atoms with E-state index in [9.17, 15) is 13.2 Å². The average molecular weight is 316 g/mol. The molecule has 1 heterocycles. The van der Waals surface area contributed by atoms with Crippen LogP contribution in [0, 0.1) is 11.3 Å². The number of carbonyl (C=O) groups is 1. The summed E-state index contributed by atoms with van der Waals surface area (Å²) in [7, 11) is -2.98. The van der Waals surface area contributed by atoms with Gasteiger partial charge in [0, 0.05) is 19.1 Å². The summed E-state index contributed by atoms with van der Waals surface area (Å²) in [6.07, 6.45) is 4.30. The van der Waals surface area contributed by atoms with Gasteiger partial charge in [-0.3, -0.25) is 4.79 Å². The molecule has 2 N–H and O–H groups in total. The van der Waals surface area contributed by atoms with Crippen molar-refractivity contribution in [2.45, 2.75) is 52.0 Å². The van der Waals surface area contributed by atoms with Gasteiger partial charge in [0.05, 0.1) is 16.9 Å². The van der Waals surface area contributed by atoms with Gasteiger partial charge in [-0.2, -0.15) is 0 Å². The van der Waals surface area contributed by atoms with Crippen LogP contribution in [0.3, 0.4) is 0 Å². The van der Waals surface area contributed by atoms with Crippen LogP contribution in [0.25, 0.3) is 0 Å². The maximum absolute atomic E-state index is 13.0. The highest BCUT2D eigenvalue weighted by Gasteiger charge is 2.45. The van der Waals surface area contributed by atoms with Crippen molar-refractivity contribution in [1.82, 2.24) is 4.90 Å². The zero-order chi connectivity index (χ0) is 15.7. The Bertz CT molecular complexity index is 481. The first-order chi connectivity index (χ1) is 9.83. The first kappa shape index (κ1) is 16.7. The van der Waals surface area contributed by atoms with E-state index in [2.05, 4.69) is 6.92 Å². The van der Waals surface area contributed by atoms with Crippen molar-refractivity contribution < 1.29 is 13.2 Å². The molecule has 0 bridgehead atoms. The maximum atomic E-state index is 13.0. The molecule has 1 unspecified atom stereocenters. The molecule has 6 heteroatoms. The van der Waals surface area contributed by atoms with Crippen LogP contribution in [0.15, 0.2) is 0 Å². The molecule has 0 spiro atoms. The van der Waals surface area contributed by atoms with Crippen molar-refractivity contribution in [3.05, 3.63) is 0 Å². The van der Waals surface area contributed by atoms with E-state index in [0.717, 1.165) is 25.7 Å². The lowest BCUT2D eigenvalue weighted by molar-refractivity contribution is -0.145. The Morgan fingerprint density at radius 1 is 1.29 bits per heavy atom. The molecule has 1 amide bonds. The lowest BCUT2D eigenvalue weighted by Crippen LogP contribution is -2.53. The number of hydrogen-bond acceptors (Lipinski definition) is 4. The molecule has 2 fully saturated rings. The SMILES string of the molecule is CCN(C(=O)C1(CN)CCC(C)CC1)C1CCS(=O)(=O)C1. The predicted octanol–water partition coefficient (Wildman–Crippen LogP) is 1.18. The summed E-state index contributed by atoms with van der Waals surface area (Å²) < 4.78 is 23.4. The molecule has 0 aromatic carbocycles. The van der Waals surface area contributed by atoms with Crippen molar-refractivity contribution in [3.8, 4) is 0 Å². The van der Waals surface area contributed by atoms with Gasteiger partial charge in [-0.1, -0.05) is 6.92 Å². The van der Waals surface area contributed by atoms with E-state index >= 15 is 0 Å². The first-order valence-electron chi connectivity index (χ1n) is 8.05. The Kier molecular flexibility index (Phi) is 4.98. The summed E-state index contributed by atoms with van der Waals surface area (Å²) in [5, 5.41) is 0. The van der Waals surface area contributed by atoms with Gasteiger partial charge in [0.2, 0.25) is 5.91 Å². The fourth-order valence-electron chi connectivity index (χ4n) is 3.71. The van der Waals surface area contributed by atoms with E-state index < -0.39 is 15.3 Å². The quantitative estimate of drug-likeness (QED) is 0.844. The third kappa shape index (κ3) is 3.42. The van der Waals surface area contributed by atoms with Crippen LogP contribution in [0.4, 0.5) is 0 Å². The monoisotopic (exact) mass is 316 g/mol. The number of sulfone groups is 1. The Morgan fingerprint density at radius 2 is 1.90 bits per heavy atom. The zero-order valence-corrected chi connectivity index (χ0v) is 14.0. The third-order valence-electron chi connectivity index (χ3n) is 5.33. The molecule has 1 aliphatic carbocycles. The van der Waals surface area contributed by atoms with E-state index in [0.29, 0.717) is 25.4 Å². The molecule has 0 aromatic heterocycles. The Morgan fingerprint density at radius 3 is 2.33 bits per heavy atom. The number of nitrogens with zero attached hydrogens (tertiary/aromatic N) is 1. The van der Waals surface area contributed by atoms with E-state index in [1.807, 2.05) is 6.92 Å². The Hall–Kier alpha value is -0.620. The molecule has 2 rings (SSSR count). The van der Waals surface area contributed by atoms with E-state index in [1.165, 1.54) is 0 Å². The second kappa shape index (κ2) is 6.24. The van der Waals surface area contributed by atoms with Crippen LogP contribution in [0.1, 0.15) is 46.0 Å². The summed E-state index contributed by atoms with van der Waals surface area (Å²) in [5.74, 6) is 1.05. The Labute approximate surface area is 128 Å². The molecule has 1 aliphatic heterocycles. The Balaban J connectivity index is 2.15. The van der Waals surface area contributed by atoms with Gasteiger partial charge in [-0.25, -0.2) is 8.42 Å². The normalized spacial score (nSPS) is 35.6. The maximum Gasteiger partial charge on any atom is 0.230 e. The van der Waals surface area contributed by atoms with Gasteiger partial charge in [0.1, 0.15) is 0 Å². The molecule has 5 nitrogen and oxygen atoms in total. The predicted molar refractivity (Wildman–Crippen MR) is 83.6 cm³/mol. The number of carbonyl (C=O) groups excluding carboxylic acids is 1. The molecule has 1 saturated carbocycles. The number of rotatable bonds is 4. The van der Waals surface area contributed by atoms with E-state index in [4.69, 9.17) is 5.73 Å². The fraction of sp³-hybridized carbons (Fsp3) is 0.933. The molecule has 2 aliphatic rings. The van der Waals surface area contributed by atoms with Gasteiger partial charge in [0.15, 0.2) is 9.84 Å². The minimum atomic E-state index is -2.98. The largest absolute Gasteiger partial charge is 0.338 e. The topological polar surface area (TPSA) is 80.5 Å². The van der Waals surface area contributed by atoms with Crippen molar-refractivity contribution in [2.24, 2.45) is 17.1 Å². The molecule has 122 valence electrons. The minimum Gasteiger partial charge on any atom is -0.338 e. The van der Waals surface area contributed by atoms with Crippen molar-refractivity contribution in [2.75, 3.05) is 24.6 Å². The molecule has 1 saturated heterocycles. The van der Waals surface area contributed by atoms with Crippen LogP contribution < -0.4 is 5.73 Å². The van der Waals surface area contributed by atoms with Gasteiger partial charge in [0.25, 0.3) is 0 Å². The summed E-state index contributed by atoms with van der Waals surface area (Å²) in [6.45, 7) is 5.08. The van der Waals surface area contributed by atoms with Crippen LogP contribution in [-0.4, -0.2) is 49.9 Å². The molecular formula is C15H28N2O3S. The third-order valence-corrected chi connectivity index (χ3v) is 7.08.